The van der Waals surface area contributed by atoms with Gasteiger partial charge in [-0.3, -0.25) is 14.4 Å². The Morgan fingerprint density at radius 3 is 2.44 bits per heavy atom. The zero-order valence-corrected chi connectivity index (χ0v) is 15.3. The van der Waals surface area contributed by atoms with Gasteiger partial charge in [0.05, 0.1) is 0 Å². The number of nitrogens with one attached hydrogen (secondary N) is 2. The van der Waals surface area contributed by atoms with Gasteiger partial charge in [-0.05, 0) is 31.9 Å². The number of benzene rings is 1. The standard InChI is InChI=1S/C19H27N3O3/c1-13(20-18(25)19(2,3)4)16(23)21-15-11-8-12-22(17(15)24)14-9-6-5-7-10-14/h5-7,9-10,13,15H,8,11-12H2,1-4H3,(H,20,25)(H,21,23)/t13-,15+/m0/s1. The second-order valence-electron chi connectivity index (χ2n) is 7.47. The lowest BCUT2D eigenvalue weighted by Gasteiger charge is -2.33. The molecule has 0 radical (unpaired) electrons. The minimum atomic E-state index is -0.688. The van der Waals surface area contributed by atoms with E-state index in [4.69, 9.17) is 0 Å². The first-order valence-electron chi connectivity index (χ1n) is 8.68. The van der Waals surface area contributed by atoms with Crippen molar-refractivity contribution in [2.24, 2.45) is 5.41 Å². The Bertz CT molecular complexity index is 637. The van der Waals surface area contributed by atoms with Gasteiger partial charge in [-0.25, -0.2) is 0 Å². The number of amides is 3. The van der Waals surface area contributed by atoms with Gasteiger partial charge in [0.15, 0.2) is 0 Å². The molecule has 25 heavy (non-hydrogen) atoms. The Balaban J connectivity index is 1.98. The number of carbonyl (C=O) groups excluding carboxylic acids is 3. The van der Waals surface area contributed by atoms with Gasteiger partial charge >= 0.3 is 0 Å². The van der Waals surface area contributed by atoms with Gasteiger partial charge in [-0.2, -0.15) is 0 Å². The monoisotopic (exact) mass is 345 g/mol. The predicted molar refractivity (Wildman–Crippen MR) is 97.0 cm³/mol. The van der Waals surface area contributed by atoms with Crippen LogP contribution in [0, 0.1) is 5.41 Å². The van der Waals surface area contributed by atoms with Crippen molar-refractivity contribution in [2.75, 3.05) is 11.4 Å². The van der Waals surface area contributed by atoms with Gasteiger partial charge in [0.25, 0.3) is 0 Å². The van der Waals surface area contributed by atoms with Crippen molar-refractivity contribution < 1.29 is 14.4 Å². The number of hydrogen-bond donors (Lipinski definition) is 2. The van der Waals surface area contributed by atoms with E-state index >= 15 is 0 Å². The number of piperidine rings is 1. The van der Waals surface area contributed by atoms with Crippen molar-refractivity contribution in [1.82, 2.24) is 10.6 Å². The minimum absolute atomic E-state index is 0.111. The maximum atomic E-state index is 12.7. The fourth-order valence-electron chi connectivity index (χ4n) is 2.65. The van der Waals surface area contributed by atoms with Crippen LogP contribution in [0.5, 0.6) is 0 Å². The van der Waals surface area contributed by atoms with Crippen molar-refractivity contribution in [3.8, 4) is 0 Å². The average Bonchev–Trinajstić information content (AvgIpc) is 2.56. The third-order valence-corrected chi connectivity index (χ3v) is 4.25. The summed E-state index contributed by atoms with van der Waals surface area (Å²) >= 11 is 0. The second kappa shape index (κ2) is 7.68. The maximum Gasteiger partial charge on any atom is 0.249 e. The SMILES string of the molecule is C[C@H](NC(=O)C(C)(C)C)C(=O)N[C@@H]1CCCN(c2ccccc2)C1=O. The summed E-state index contributed by atoms with van der Waals surface area (Å²) in [5, 5.41) is 5.47. The largest absolute Gasteiger partial charge is 0.344 e. The first-order chi connectivity index (χ1) is 11.7. The molecule has 1 heterocycles. The molecular weight excluding hydrogens is 318 g/mol. The van der Waals surface area contributed by atoms with Crippen LogP contribution in [-0.2, 0) is 14.4 Å². The number of nitrogens with zero attached hydrogens (tertiary/aromatic N) is 1. The lowest BCUT2D eigenvalue weighted by molar-refractivity contribution is -0.134. The third-order valence-electron chi connectivity index (χ3n) is 4.25. The highest BCUT2D eigenvalue weighted by Gasteiger charge is 2.32. The van der Waals surface area contributed by atoms with Crippen LogP contribution >= 0.6 is 0 Å². The quantitative estimate of drug-likeness (QED) is 0.874. The molecule has 1 saturated heterocycles. The normalized spacial score (nSPS) is 19.3. The molecule has 2 N–H and O–H groups in total. The van der Waals surface area contributed by atoms with Crippen LogP contribution in [0.2, 0.25) is 0 Å². The number of anilines is 1. The lowest BCUT2D eigenvalue weighted by atomic mass is 9.95. The summed E-state index contributed by atoms with van der Waals surface area (Å²) < 4.78 is 0. The van der Waals surface area contributed by atoms with Gasteiger partial charge in [0, 0.05) is 17.6 Å². The van der Waals surface area contributed by atoms with E-state index in [-0.39, 0.29) is 17.7 Å². The third kappa shape index (κ3) is 4.81. The molecule has 1 fully saturated rings. The number of carbonyl (C=O) groups is 3. The highest BCUT2D eigenvalue weighted by Crippen LogP contribution is 2.20. The van der Waals surface area contributed by atoms with Crippen molar-refractivity contribution in [2.45, 2.75) is 52.6 Å². The Hall–Kier alpha value is -2.37. The molecule has 1 aromatic carbocycles. The van der Waals surface area contributed by atoms with E-state index in [0.29, 0.717) is 13.0 Å². The molecule has 1 aliphatic rings. The Morgan fingerprint density at radius 1 is 1.20 bits per heavy atom. The summed E-state index contributed by atoms with van der Waals surface area (Å²) in [6.45, 7) is 7.63. The van der Waals surface area contributed by atoms with Crippen LogP contribution in [0.4, 0.5) is 5.69 Å². The Kier molecular flexibility index (Phi) is 5.82. The average molecular weight is 345 g/mol. The summed E-state index contributed by atoms with van der Waals surface area (Å²) in [6, 6.07) is 8.19. The number of hydrogen-bond acceptors (Lipinski definition) is 3. The lowest BCUT2D eigenvalue weighted by Crippen LogP contribution is -2.56. The van der Waals surface area contributed by atoms with Crippen LogP contribution in [0.15, 0.2) is 30.3 Å². The number of para-hydroxylation sites is 1. The van der Waals surface area contributed by atoms with Crippen molar-refractivity contribution in [1.29, 1.82) is 0 Å². The van der Waals surface area contributed by atoms with Gasteiger partial charge < -0.3 is 15.5 Å². The summed E-state index contributed by atoms with van der Waals surface area (Å²) in [7, 11) is 0. The molecular formula is C19H27N3O3. The summed E-state index contributed by atoms with van der Waals surface area (Å²) in [4.78, 5) is 38.8. The van der Waals surface area contributed by atoms with Crippen molar-refractivity contribution in [3.05, 3.63) is 30.3 Å². The van der Waals surface area contributed by atoms with Gasteiger partial charge in [0.2, 0.25) is 17.7 Å². The van der Waals surface area contributed by atoms with E-state index in [1.54, 1.807) is 32.6 Å². The van der Waals surface area contributed by atoms with E-state index < -0.39 is 17.5 Å². The van der Waals surface area contributed by atoms with Crippen LogP contribution in [0.3, 0.4) is 0 Å². The van der Waals surface area contributed by atoms with Crippen LogP contribution in [-0.4, -0.2) is 36.3 Å². The second-order valence-corrected chi connectivity index (χ2v) is 7.47. The predicted octanol–water partition coefficient (Wildman–Crippen LogP) is 1.85. The maximum absolute atomic E-state index is 12.7. The van der Waals surface area contributed by atoms with Crippen LogP contribution in [0.25, 0.3) is 0 Å². The molecule has 2 atom stereocenters. The van der Waals surface area contributed by atoms with E-state index in [0.717, 1.165) is 12.1 Å². The van der Waals surface area contributed by atoms with Crippen molar-refractivity contribution >= 4 is 23.4 Å². The molecule has 0 aliphatic carbocycles. The zero-order valence-electron chi connectivity index (χ0n) is 15.3. The van der Waals surface area contributed by atoms with E-state index in [1.165, 1.54) is 0 Å². The molecule has 6 heteroatoms. The fraction of sp³-hybridized carbons (Fsp3) is 0.526. The zero-order chi connectivity index (χ0) is 18.6. The molecule has 0 bridgehead atoms. The van der Waals surface area contributed by atoms with Crippen LogP contribution in [0.1, 0.15) is 40.5 Å². The first kappa shape index (κ1) is 19.0. The minimum Gasteiger partial charge on any atom is -0.344 e. The highest BCUT2D eigenvalue weighted by molar-refractivity contribution is 6.00. The molecule has 2 rings (SSSR count). The van der Waals surface area contributed by atoms with Crippen LogP contribution < -0.4 is 15.5 Å². The molecule has 3 amide bonds. The summed E-state index contributed by atoms with van der Waals surface area (Å²) in [5.74, 6) is -0.651. The molecule has 0 unspecified atom stereocenters. The molecule has 1 aliphatic heterocycles. The smallest absolute Gasteiger partial charge is 0.249 e. The topological polar surface area (TPSA) is 78.5 Å². The number of rotatable bonds is 4. The molecule has 0 saturated carbocycles. The Morgan fingerprint density at radius 2 is 1.84 bits per heavy atom. The highest BCUT2D eigenvalue weighted by atomic mass is 16.2. The summed E-state index contributed by atoms with van der Waals surface area (Å²) in [5.41, 5.74) is 0.264. The van der Waals surface area contributed by atoms with Gasteiger partial charge in [-0.1, -0.05) is 39.0 Å². The Labute approximate surface area is 149 Å². The van der Waals surface area contributed by atoms with Gasteiger partial charge in [0.1, 0.15) is 12.1 Å². The van der Waals surface area contributed by atoms with E-state index in [9.17, 15) is 14.4 Å². The van der Waals surface area contributed by atoms with Gasteiger partial charge in [-0.15, -0.1) is 0 Å². The molecule has 6 nitrogen and oxygen atoms in total. The molecule has 1 aromatic rings. The van der Waals surface area contributed by atoms with E-state index in [2.05, 4.69) is 10.6 Å². The molecule has 0 spiro atoms. The first-order valence-corrected chi connectivity index (χ1v) is 8.68. The van der Waals surface area contributed by atoms with Crippen molar-refractivity contribution in [3.63, 3.8) is 0 Å². The van der Waals surface area contributed by atoms with E-state index in [1.807, 2.05) is 30.3 Å². The molecule has 136 valence electrons. The molecule has 0 aromatic heterocycles. The fourth-order valence-corrected chi connectivity index (χ4v) is 2.65. The summed E-state index contributed by atoms with van der Waals surface area (Å²) in [6.07, 6.45) is 1.42.